The van der Waals surface area contributed by atoms with E-state index in [1.54, 1.807) is 6.20 Å². The van der Waals surface area contributed by atoms with Gasteiger partial charge in [-0.15, -0.1) is 0 Å². The number of oxazole rings is 1. The van der Waals surface area contributed by atoms with Crippen molar-refractivity contribution in [2.45, 2.75) is 26.3 Å². The van der Waals surface area contributed by atoms with Gasteiger partial charge in [0, 0.05) is 25.2 Å². The number of benzene rings is 1. The number of nitrogens with one attached hydrogen (secondary N) is 1. The molecule has 0 atom stereocenters. The highest BCUT2D eigenvalue weighted by Crippen LogP contribution is 2.19. The van der Waals surface area contributed by atoms with E-state index < -0.39 is 0 Å². The molecule has 0 unspecified atom stereocenters. The number of carbonyl (C=O) groups is 1. The van der Waals surface area contributed by atoms with Gasteiger partial charge in [0.05, 0.1) is 12.7 Å². The molecule has 0 aliphatic rings. The molecule has 5 heteroatoms. The summed E-state index contributed by atoms with van der Waals surface area (Å²) in [6.45, 7) is 3.54. The lowest BCUT2D eigenvalue weighted by atomic mass is 10.2. The van der Waals surface area contributed by atoms with Crippen molar-refractivity contribution in [3.05, 3.63) is 42.4 Å². The van der Waals surface area contributed by atoms with Crippen LogP contribution in [0.5, 0.6) is 0 Å². The summed E-state index contributed by atoms with van der Waals surface area (Å²) >= 11 is 0. The van der Waals surface area contributed by atoms with E-state index in [-0.39, 0.29) is 5.91 Å². The van der Waals surface area contributed by atoms with E-state index in [4.69, 9.17) is 9.15 Å². The molecule has 0 fully saturated rings. The Hall–Kier alpha value is -2.14. The fraction of sp³-hybridized carbons (Fsp3) is 0.375. The van der Waals surface area contributed by atoms with Crippen LogP contribution >= 0.6 is 0 Å². The average Bonchev–Trinajstić information content (AvgIpc) is 2.99. The first-order valence-electron chi connectivity index (χ1n) is 7.14. The van der Waals surface area contributed by atoms with E-state index in [1.165, 1.54) is 0 Å². The van der Waals surface area contributed by atoms with Crippen molar-refractivity contribution >= 4 is 5.91 Å². The molecule has 0 saturated heterocycles. The van der Waals surface area contributed by atoms with Gasteiger partial charge in [-0.25, -0.2) is 4.98 Å². The molecule has 1 heterocycles. The standard InChI is InChI=1S/C16H20N2O3/c1-2-20-10-6-9-15(19)17-12-16-18-11-14(21-16)13-7-4-3-5-8-13/h3-5,7-8,11H,2,6,9-10,12H2,1H3,(H,17,19). The van der Waals surface area contributed by atoms with Gasteiger partial charge in [-0.3, -0.25) is 4.79 Å². The molecule has 0 bridgehead atoms. The predicted molar refractivity (Wildman–Crippen MR) is 79.5 cm³/mol. The van der Waals surface area contributed by atoms with E-state index in [0.717, 1.165) is 12.0 Å². The van der Waals surface area contributed by atoms with Gasteiger partial charge in [0.2, 0.25) is 11.8 Å². The van der Waals surface area contributed by atoms with Gasteiger partial charge >= 0.3 is 0 Å². The minimum Gasteiger partial charge on any atom is -0.439 e. The highest BCUT2D eigenvalue weighted by molar-refractivity contribution is 5.75. The van der Waals surface area contributed by atoms with Crippen molar-refractivity contribution in [2.75, 3.05) is 13.2 Å². The van der Waals surface area contributed by atoms with Crippen LogP contribution in [0.1, 0.15) is 25.7 Å². The number of hydrogen-bond donors (Lipinski definition) is 1. The Labute approximate surface area is 124 Å². The number of hydrogen-bond acceptors (Lipinski definition) is 4. The predicted octanol–water partition coefficient (Wildman–Crippen LogP) is 2.77. The van der Waals surface area contributed by atoms with Crippen LogP contribution in [0.2, 0.25) is 0 Å². The van der Waals surface area contributed by atoms with Crippen LogP contribution < -0.4 is 5.32 Å². The smallest absolute Gasteiger partial charge is 0.220 e. The number of nitrogens with zero attached hydrogens (tertiary/aromatic N) is 1. The summed E-state index contributed by atoms with van der Waals surface area (Å²) < 4.78 is 10.8. The second-order valence-electron chi connectivity index (χ2n) is 4.56. The molecule has 0 spiro atoms. The molecule has 21 heavy (non-hydrogen) atoms. The lowest BCUT2D eigenvalue weighted by Crippen LogP contribution is -2.22. The van der Waals surface area contributed by atoms with Gasteiger partial charge in [-0.1, -0.05) is 30.3 Å². The van der Waals surface area contributed by atoms with Crippen LogP contribution in [-0.2, 0) is 16.1 Å². The summed E-state index contributed by atoms with van der Waals surface area (Å²) in [5, 5.41) is 2.79. The third kappa shape index (κ3) is 5.04. The highest BCUT2D eigenvalue weighted by Gasteiger charge is 2.07. The molecule has 1 amide bonds. The summed E-state index contributed by atoms with van der Waals surface area (Å²) in [4.78, 5) is 15.8. The second kappa shape index (κ2) is 8.21. The van der Waals surface area contributed by atoms with Gasteiger partial charge < -0.3 is 14.5 Å². The third-order valence-corrected chi connectivity index (χ3v) is 2.95. The van der Waals surface area contributed by atoms with Crippen LogP contribution in [0.4, 0.5) is 0 Å². The molecule has 0 saturated carbocycles. The fourth-order valence-corrected chi connectivity index (χ4v) is 1.87. The molecule has 1 aromatic heterocycles. The van der Waals surface area contributed by atoms with Crippen molar-refractivity contribution < 1.29 is 13.9 Å². The summed E-state index contributed by atoms with van der Waals surface area (Å²) in [5.41, 5.74) is 0.972. The molecule has 2 aromatic rings. The first-order chi connectivity index (χ1) is 10.3. The van der Waals surface area contributed by atoms with Crippen molar-refractivity contribution in [3.8, 4) is 11.3 Å². The maximum Gasteiger partial charge on any atom is 0.220 e. The minimum absolute atomic E-state index is 0.0193. The van der Waals surface area contributed by atoms with Gasteiger partial charge in [0.15, 0.2) is 5.76 Å². The lowest BCUT2D eigenvalue weighted by Gasteiger charge is -2.03. The average molecular weight is 288 g/mol. The Morgan fingerprint density at radius 1 is 1.33 bits per heavy atom. The van der Waals surface area contributed by atoms with Crippen LogP contribution in [0.15, 0.2) is 40.9 Å². The molecule has 112 valence electrons. The van der Waals surface area contributed by atoms with E-state index in [2.05, 4.69) is 10.3 Å². The summed E-state index contributed by atoms with van der Waals surface area (Å²) in [6.07, 6.45) is 2.85. The zero-order valence-electron chi connectivity index (χ0n) is 12.2. The number of rotatable bonds is 8. The molecule has 0 aliphatic carbocycles. The highest BCUT2D eigenvalue weighted by atomic mass is 16.5. The van der Waals surface area contributed by atoms with Crippen molar-refractivity contribution in [2.24, 2.45) is 0 Å². The van der Waals surface area contributed by atoms with Crippen LogP contribution in [0.3, 0.4) is 0 Å². The van der Waals surface area contributed by atoms with E-state index in [9.17, 15) is 4.79 Å². The third-order valence-electron chi connectivity index (χ3n) is 2.95. The number of aromatic nitrogens is 1. The van der Waals surface area contributed by atoms with E-state index in [1.807, 2.05) is 37.3 Å². The lowest BCUT2D eigenvalue weighted by molar-refractivity contribution is -0.121. The van der Waals surface area contributed by atoms with E-state index >= 15 is 0 Å². The molecule has 0 radical (unpaired) electrons. The van der Waals surface area contributed by atoms with Crippen LogP contribution in [0, 0.1) is 0 Å². The molecule has 1 N–H and O–H groups in total. The van der Waals surface area contributed by atoms with Gasteiger partial charge in [0.25, 0.3) is 0 Å². The summed E-state index contributed by atoms with van der Waals surface area (Å²) in [5.74, 6) is 1.19. The largest absolute Gasteiger partial charge is 0.439 e. The Bertz CT molecular complexity index is 552. The monoisotopic (exact) mass is 288 g/mol. The van der Waals surface area contributed by atoms with E-state index in [0.29, 0.717) is 37.8 Å². The van der Waals surface area contributed by atoms with Crippen LogP contribution in [-0.4, -0.2) is 24.1 Å². The Morgan fingerprint density at radius 3 is 2.90 bits per heavy atom. The second-order valence-corrected chi connectivity index (χ2v) is 4.56. The Morgan fingerprint density at radius 2 is 2.14 bits per heavy atom. The topological polar surface area (TPSA) is 64.4 Å². The minimum atomic E-state index is -0.0193. The van der Waals surface area contributed by atoms with Gasteiger partial charge in [0.1, 0.15) is 0 Å². The van der Waals surface area contributed by atoms with Gasteiger partial charge in [-0.2, -0.15) is 0 Å². The first kappa shape index (κ1) is 15.3. The number of ether oxygens (including phenoxy) is 1. The molecule has 2 rings (SSSR count). The zero-order valence-corrected chi connectivity index (χ0v) is 12.2. The summed E-state index contributed by atoms with van der Waals surface area (Å²) in [6, 6.07) is 9.74. The first-order valence-corrected chi connectivity index (χ1v) is 7.14. The maximum atomic E-state index is 11.6. The molecule has 5 nitrogen and oxygen atoms in total. The van der Waals surface area contributed by atoms with Crippen molar-refractivity contribution in [1.29, 1.82) is 0 Å². The van der Waals surface area contributed by atoms with Crippen molar-refractivity contribution in [3.63, 3.8) is 0 Å². The SMILES string of the molecule is CCOCCCC(=O)NCc1ncc(-c2ccccc2)o1. The molecular formula is C16H20N2O3. The van der Waals surface area contributed by atoms with Gasteiger partial charge in [-0.05, 0) is 13.3 Å². The quantitative estimate of drug-likeness (QED) is 0.759. The zero-order chi connectivity index (χ0) is 14.9. The number of amides is 1. The number of carbonyl (C=O) groups excluding carboxylic acids is 1. The molecular weight excluding hydrogens is 268 g/mol. The Balaban J connectivity index is 1.77. The molecule has 1 aromatic carbocycles. The summed E-state index contributed by atoms with van der Waals surface area (Å²) in [7, 11) is 0. The maximum absolute atomic E-state index is 11.6. The fourth-order valence-electron chi connectivity index (χ4n) is 1.87. The normalized spacial score (nSPS) is 10.5. The van der Waals surface area contributed by atoms with Crippen molar-refractivity contribution in [1.82, 2.24) is 10.3 Å². The Kier molecular flexibility index (Phi) is 5.97. The van der Waals surface area contributed by atoms with Crippen LogP contribution in [0.25, 0.3) is 11.3 Å². The molecule has 0 aliphatic heterocycles.